The summed E-state index contributed by atoms with van der Waals surface area (Å²) in [6.07, 6.45) is 0. The summed E-state index contributed by atoms with van der Waals surface area (Å²) in [5.41, 5.74) is 4.55. The molecule has 7 aromatic rings. The summed E-state index contributed by atoms with van der Waals surface area (Å²) in [6.45, 7) is 0. The number of rotatable bonds is 2. The Morgan fingerprint density at radius 1 is 0.485 bits per heavy atom. The molecule has 1 heteroatoms. The van der Waals surface area contributed by atoms with E-state index >= 15 is 0 Å². The van der Waals surface area contributed by atoms with Crippen molar-refractivity contribution in [2.45, 2.75) is 0 Å². The maximum Gasteiger partial charge on any atom is 0.0638 e. The van der Waals surface area contributed by atoms with Gasteiger partial charge in [0.2, 0.25) is 0 Å². The van der Waals surface area contributed by atoms with Crippen molar-refractivity contribution < 1.29 is 5.48 Å². The molecule has 0 bridgehead atoms. The van der Waals surface area contributed by atoms with Gasteiger partial charge in [-0.3, -0.25) is 0 Å². The number of benzene rings is 6. The molecule has 0 aliphatic carbocycles. The van der Waals surface area contributed by atoms with Crippen LogP contribution in [0.25, 0.3) is 64.0 Å². The molecule has 0 aliphatic rings. The summed E-state index contributed by atoms with van der Waals surface area (Å²) in [5.74, 6) is 0. The Kier molecular flexibility index (Phi) is 3.32. The van der Waals surface area contributed by atoms with E-state index in [1.54, 1.807) is 0 Å². The van der Waals surface area contributed by atoms with Gasteiger partial charge in [0.15, 0.2) is 0 Å². The topological polar surface area (TPSA) is 0 Å². The maximum atomic E-state index is 8.60. The van der Waals surface area contributed by atoms with Crippen molar-refractivity contribution in [1.82, 2.24) is 0 Å². The first kappa shape index (κ1) is 15.0. The predicted octanol–water partition coefficient (Wildman–Crippen LogP) is 9.69. The van der Waals surface area contributed by atoms with Crippen LogP contribution in [0.2, 0.25) is 0 Å². The lowest BCUT2D eigenvalue weighted by atomic mass is 9.86. The van der Waals surface area contributed by atoms with Crippen LogP contribution in [0.5, 0.6) is 0 Å². The molecule has 33 heavy (non-hydrogen) atoms. The molecular weight excluding hydrogens is 416 g/mol. The van der Waals surface area contributed by atoms with E-state index in [2.05, 4.69) is 78.9 Å². The molecule has 0 N–H and O–H groups in total. The monoisotopic (exact) mass is 440 g/mol. The molecule has 1 aromatic heterocycles. The standard InChI is InChI=1S/C32H20S/c1-2-11-21(12-3-1)30-23-14-4-6-16-25(23)31(26-17-7-5-15-24(26)30)28-19-10-18-27-22-13-8-9-20-29(22)33-32(27)28/h1-20H/i8D,9D,13D,20D. The Hall–Kier alpha value is -3.94. The Labute approximate surface area is 202 Å². The van der Waals surface area contributed by atoms with Crippen molar-refractivity contribution in [3.63, 3.8) is 0 Å². The van der Waals surface area contributed by atoms with Gasteiger partial charge in [0.25, 0.3) is 0 Å². The van der Waals surface area contributed by atoms with Crippen molar-refractivity contribution in [3.8, 4) is 22.3 Å². The van der Waals surface area contributed by atoms with Gasteiger partial charge < -0.3 is 0 Å². The highest BCUT2D eigenvalue weighted by Gasteiger charge is 2.18. The molecule has 0 unspecified atom stereocenters. The largest absolute Gasteiger partial charge is 0.135 e. The molecule has 7 rings (SSSR count). The average Bonchev–Trinajstić information content (AvgIpc) is 3.34. The second kappa shape index (κ2) is 7.30. The lowest BCUT2D eigenvalue weighted by Gasteiger charge is -2.18. The molecule has 0 atom stereocenters. The van der Waals surface area contributed by atoms with Crippen LogP contribution in [-0.4, -0.2) is 0 Å². The van der Waals surface area contributed by atoms with Crippen LogP contribution < -0.4 is 0 Å². The summed E-state index contributed by atoms with van der Waals surface area (Å²) in [7, 11) is 0. The lowest BCUT2D eigenvalue weighted by molar-refractivity contribution is 1.67. The van der Waals surface area contributed by atoms with Crippen molar-refractivity contribution in [3.05, 3.63) is 121 Å². The summed E-state index contributed by atoms with van der Waals surface area (Å²) in [4.78, 5) is 0. The molecule has 0 radical (unpaired) electrons. The molecule has 0 aliphatic heterocycles. The van der Waals surface area contributed by atoms with E-state index in [1.807, 2.05) is 18.2 Å². The maximum absolute atomic E-state index is 8.60. The van der Waals surface area contributed by atoms with Crippen LogP contribution in [0.15, 0.2) is 121 Å². The molecule has 0 saturated heterocycles. The van der Waals surface area contributed by atoms with Crippen LogP contribution in [0.4, 0.5) is 0 Å². The van der Waals surface area contributed by atoms with Gasteiger partial charge in [-0.2, -0.15) is 0 Å². The Bertz CT molecular complexity index is 1970. The fourth-order valence-electron chi connectivity index (χ4n) is 5.04. The summed E-state index contributed by atoms with van der Waals surface area (Å²) in [6, 6.07) is 33.3. The SMILES string of the molecule is [2H]c1c([2H])c([2H])c2c(sc3c(-c4c5ccccc5c(-c5ccccc5)c5ccccc45)cccc32)c1[2H]. The number of thiophene rings is 1. The molecule has 0 fully saturated rings. The van der Waals surface area contributed by atoms with E-state index in [-0.39, 0.29) is 24.2 Å². The van der Waals surface area contributed by atoms with Crippen molar-refractivity contribution >= 4 is 53.1 Å². The van der Waals surface area contributed by atoms with Gasteiger partial charge in [-0.25, -0.2) is 0 Å². The van der Waals surface area contributed by atoms with E-state index in [9.17, 15) is 0 Å². The van der Waals surface area contributed by atoms with Gasteiger partial charge >= 0.3 is 0 Å². The fraction of sp³-hybridized carbons (Fsp3) is 0. The van der Waals surface area contributed by atoms with E-state index in [4.69, 9.17) is 5.48 Å². The van der Waals surface area contributed by atoms with E-state index in [0.29, 0.717) is 10.1 Å². The van der Waals surface area contributed by atoms with Crippen LogP contribution in [0.1, 0.15) is 5.48 Å². The molecule has 1 heterocycles. The first-order chi connectivity index (χ1) is 18.1. The average molecular weight is 441 g/mol. The summed E-state index contributed by atoms with van der Waals surface area (Å²) in [5, 5.41) is 6.09. The minimum Gasteiger partial charge on any atom is -0.135 e. The zero-order chi connectivity index (χ0) is 25.3. The van der Waals surface area contributed by atoms with E-state index in [1.165, 1.54) is 33.2 Å². The zero-order valence-corrected chi connectivity index (χ0v) is 18.5. The van der Waals surface area contributed by atoms with Gasteiger partial charge in [-0.1, -0.05) is 115 Å². The highest BCUT2D eigenvalue weighted by atomic mass is 32.1. The molecule has 0 nitrogen and oxygen atoms in total. The molecule has 0 saturated carbocycles. The first-order valence-corrected chi connectivity index (χ1v) is 11.8. The highest BCUT2D eigenvalue weighted by Crippen LogP contribution is 2.47. The molecule has 6 aromatic carbocycles. The Morgan fingerprint density at radius 2 is 1.06 bits per heavy atom. The Balaban J connectivity index is 1.68. The lowest BCUT2D eigenvalue weighted by Crippen LogP contribution is -1.90. The van der Waals surface area contributed by atoms with Gasteiger partial charge in [0.05, 0.1) is 5.48 Å². The molecule has 0 spiro atoms. The van der Waals surface area contributed by atoms with E-state index in [0.717, 1.165) is 32.0 Å². The van der Waals surface area contributed by atoms with Crippen LogP contribution in [-0.2, 0) is 0 Å². The second-order valence-electron chi connectivity index (χ2n) is 8.20. The van der Waals surface area contributed by atoms with Gasteiger partial charge in [0.1, 0.15) is 0 Å². The molecule has 154 valence electrons. The third-order valence-electron chi connectivity index (χ3n) is 6.40. The second-order valence-corrected chi connectivity index (χ2v) is 9.22. The number of hydrogen-bond acceptors (Lipinski definition) is 1. The van der Waals surface area contributed by atoms with Gasteiger partial charge in [0, 0.05) is 25.7 Å². The minimum absolute atomic E-state index is 0.0218. The summed E-state index contributed by atoms with van der Waals surface area (Å²) < 4.78 is 35.1. The quantitative estimate of drug-likeness (QED) is 0.235. The van der Waals surface area contributed by atoms with Crippen molar-refractivity contribution in [2.75, 3.05) is 0 Å². The molecule has 0 amide bonds. The third-order valence-corrected chi connectivity index (χ3v) is 7.56. The zero-order valence-electron chi connectivity index (χ0n) is 21.6. The third kappa shape index (κ3) is 2.76. The fourth-order valence-corrected chi connectivity index (χ4v) is 6.17. The van der Waals surface area contributed by atoms with Gasteiger partial charge in [-0.05, 0) is 44.3 Å². The number of fused-ring (bicyclic) bond motifs is 5. The van der Waals surface area contributed by atoms with Gasteiger partial charge in [-0.15, -0.1) is 11.3 Å². The first-order valence-electron chi connectivity index (χ1n) is 13.0. The number of hydrogen-bond donors (Lipinski definition) is 0. The summed E-state index contributed by atoms with van der Waals surface area (Å²) >= 11 is 1.45. The smallest absolute Gasteiger partial charge is 0.0638 e. The molecular formula is C32H20S. The van der Waals surface area contributed by atoms with Crippen LogP contribution in [0, 0.1) is 0 Å². The van der Waals surface area contributed by atoms with Crippen LogP contribution >= 0.6 is 11.3 Å². The Morgan fingerprint density at radius 3 is 1.76 bits per heavy atom. The minimum atomic E-state index is -0.189. The van der Waals surface area contributed by atoms with E-state index < -0.39 is 0 Å². The van der Waals surface area contributed by atoms with Crippen molar-refractivity contribution in [2.24, 2.45) is 0 Å². The van der Waals surface area contributed by atoms with Crippen molar-refractivity contribution in [1.29, 1.82) is 0 Å². The predicted molar refractivity (Wildman–Crippen MR) is 145 cm³/mol. The highest BCUT2D eigenvalue weighted by molar-refractivity contribution is 7.26. The van der Waals surface area contributed by atoms with Crippen LogP contribution in [0.3, 0.4) is 0 Å². The normalized spacial score (nSPS) is 13.3.